The predicted octanol–water partition coefficient (Wildman–Crippen LogP) is 3.84. The largest absolute Gasteiger partial charge is 0.497 e. The molecule has 25 heavy (non-hydrogen) atoms. The zero-order chi connectivity index (χ0) is 17.8. The monoisotopic (exact) mass is 363 g/mol. The predicted molar refractivity (Wildman–Crippen MR) is 97.2 cm³/mol. The van der Waals surface area contributed by atoms with Crippen LogP contribution >= 0.6 is 11.6 Å². The van der Waals surface area contributed by atoms with Gasteiger partial charge < -0.3 is 19.9 Å². The second-order valence-corrected chi connectivity index (χ2v) is 6.14. The summed E-state index contributed by atoms with van der Waals surface area (Å²) in [7, 11) is 1.60. The van der Waals surface area contributed by atoms with Crippen LogP contribution in [0.5, 0.6) is 5.75 Å². The fraction of sp³-hybridized carbons (Fsp3) is 0.278. The van der Waals surface area contributed by atoms with Gasteiger partial charge in [-0.1, -0.05) is 11.6 Å². The molecule has 2 aromatic carbocycles. The molecule has 0 spiro atoms. The number of carbonyl (C=O) groups is 1. The number of carbonyl (C=O) groups excluding carboxylic acids is 1. The second-order valence-electron chi connectivity index (χ2n) is 5.73. The SMILES string of the molecule is COc1ccc(NC(=O)N2CCN(c3ccc(F)c(Cl)c3)CC2)cc1. The number of nitrogens with zero attached hydrogens (tertiary/aromatic N) is 2. The summed E-state index contributed by atoms with van der Waals surface area (Å²) in [4.78, 5) is 16.2. The van der Waals surface area contributed by atoms with Gasteiger partial charge >= 0.3 is 6.03 Å². The molecule has 0 atom stereocenters. The molecular weight excluding hydrogens is 345 g/mol. The fourth-order valence-corrected chi connectivity index (χ4v) is 2.90. The Hall–Kier alpha value is -2.47. The van der Waals surface area contributed by atoms with E-state index in [2.05, 4.69) is 10.2 Å². The number of methoxy groups -OCH3 is 1. The van der Waals surface area contributed by atoms with E-state index in [1.165, 1.54) is 6.07 Å². The molecule has 0 saturated carbocycles. The van der Waals surface area contributed by atoms with E-state index in [-0.39, 0.29) is 11.1 Å². The van der Waals surface area contributed by atoms with Crippen LogP contribution in [0.25, 0.3) is 0 Å². The molecule has 5 nitrogen and oxygen atoms in total. The number of hydrogen-bond donors (Lipinski definition) is 1. The molecule has 7 heteroatoms. The Bertz CT molecular complexity index is 746. The lowest BCUT2D eigenvalue weighted by Gasteiger charge is -2.36. The Labute approximate surface area is 150 Å². The summed E-state index contributed by atoms with van der Waals surface area (Å²) in [6.07, 6.45) is 0. The van der Waals surface area contributed by atoms with Gasteiger partial charge in [-0.2, -0.15) is 0 Å². The third-order valence-electron chi connectivity index (χ3n) is 4.18. The number of amides is 2. The van der Waals surface area contributed by atoms with Gasteiger partial charge in [-0.15, -0.1) is 0 Å². The van der Waals surface area contributed by atoms with E-state index in [0.29, 0.717) is 26.2 Å². The van der Waals surface area contributed by atoms with Crippen LogP contribution in [0, 0.1) is 5.82 Å². The number of urea groups is 1. The lowest BCUT2D eigenvalue weighted by molar-refractivity contribution is 0.208. The highest BCUT2D eigenvalue weighted by Crippen LogP contribution is 2.24. The molecule has 0 radical (unpaired) electrons. The van der Waals surface area contributed by atoms with Crippen LogP contribution in [0.4, 0.5) is 20.6 Å². The number of anilines is 2. The van der Waals surface area contributed by atoms with E-state index >= 15 is 0 Å². The standard InChI is InChI=1S/C18H19ClFN3O2/c1-25-15-5-2-13(3-6-15)21-18(24)23-10-8-22(9-11-23)14-4-7-17(20)16(19)12-14/h2-7,12H,8-11H2,1H3,(H,21,24). The maximum Gasteiger partial charge on any atom is 0.321 e. The molecule has 2 aromatic rings. The van der Waals surface area contributed by atoms with Crippen molar-refractivity contribution < 1.29 is 13.9 Å². The quantitative estimate of drug-likeness (QED) is 0.901. The number of hydrogen-bond acceptors (Lipinski definition) is 3. The smallest absolute Gasteiger partial charge is 0.321 e. The number of ether oxygens (including phenoxy) is 1. The van der Waals surface area contributed by atoms with E-state index in [4.69, 9.17) is 16.3 Å². The zero-order valence-corrected chi connectivity index (χ0v) is 14.6. The van der Waals surface area contributed by atoms with Crippen LogP contribution in [-0.4, -0.2) is 44.2 Å². The van der Waals surface area contributed by atoms with Crippen LogP contribution < -0.4 is 15.0 Å². The van der Waals surface area contributed by atoms with Crippen molar-refractivity contribution in [3.05, 3.63) is 53.3 Å². The Kier molecular flexibility index (Phi) is 5.28. The van der Waals surface area contributed by atoms with Crippen molar-refractivity contribution in [2.45, 2.75) is 0 Å². The molecule has 1 N–H and O–H groups in total. The summed E-state index contributed by atoms with van der Waals surface area (Å²) in [6.45, 7) is 2.49. The average molecular weight is 364 g/mol. The maximum atomic E-state index is 13.3. The van der Waals surface area contributed by atoms with E-state index in [1.54, 1.807) is 48.4 Å². The maximum absolute atomic E-state index is 13.3. The van der Waals surface area contributed by atoms with Gasteiger partial charge in [0.25, 0.3) is 0 Å². The Morgan fingerprint density at radius 2 is 1.80 bits per heavy atom. The molecule has 2 amide bonds. The Morgan fingerprint density at radius 1 is 1.12 bits per heavy atom. The lowest BCUT2D eigenvalue weighted by atomic mass is 10.2. The van der Waals surface area contributed by atoms with Gasteiger partial charge in [0.05, 0.1) is 12.1 Å². The topological polar surface area (TPSA) is 44.8 Å². The van der Waals surface area contributed by atoms with E-state index in [0.717, 1.165) is 17.1 Å². The summed E-state index contributed by atoms with van der Waals surface area (Å²) < 4.78 is 18.4. The van der Waals surface area contributed by atoms with Crippen molar-refractivity contribution in [2.24, 2.45) is 0 Å². The van der Waals surface area contributed by atoms with Crippen molar-refractivity contribution in [2.75, 3.05) is 43.5 Å². The molecule has 1 fully saturated rings. The summed E-state index contributed by atoms with van der Waals surface area (Å²) in [6, 6.07) is 11.7. The first-order chi connectivity index (χ1) is 12.1. The summed E-state index contributed by atoms with van der Waals surface area (Å²) in [5.41, 5.74) is 1.58. The highest BCUT2D eigenvalue weighted by molar-refractivity contribution is 6.31. The first-order valence-corrected chi connectivity index (χ1v) is 8.34. The number of rotatable bonds is 3. The van der Waals surface area contributed by atoms with Crippen molar-refractivity contribution in [3.63, 3.8) is 0 Å². The number of nitrogens with one attached hydrogen (secondary N) is 1. The lowest BCUT2D eigenvalue weighted by Crippen LogP contribution is -2.50. The van der Waals surface area contributed by atoms with Gasteiger partial charge in [0.1, 0.15) is 11.6 Å². The van der Waals surface area contributed by atoms with Crippen molar-refractivity contribution in [1.29, 1.82) is 0 Å². The molecule has 0 aliphatic carbocycles. The normalized spacial score (nSPS) is 14.4. The molecule has 1 heterocycles. The molecular formula is C18H19ClFN3O2. The van der Waals surface area contributed by atoms with Crippen LogP contribution in [0.3, 0.4) is 0 Å². The third-order valence-corrected chi connectivity index (χ3v) is 4.47. The fourth-order valence-electron chi connectivity index (χ4n) is 2.73. The van der Waals surface area contributed by atoms with E-state index in [1.807, 2.05) is 0 Å². The number of piperazine rings is 1. The van der Waals surface area contributed by atoms with Gasteiger partial charge in [-0.3, -0.25) is 0 Å². The first kappa shape index (κ1) is 17.4. The van der Waals surface area contributed by atoms with Crippen LogP contribution in [0.2, 0.25) is 5.02 Å². The Balaban J connectivity index is 1.55. The summed E-state index contributed by atoms with van der Waals surface area (Å²) in [5, 5.41) is 2.98. The van der Waals surface area contributed by atoms with Crippen molar-refractivity contribution >= 4 is 29.0 Å². The molecule has 132 valence electrons. The average Bonchev–Trinajstić information content (AvgIpc) is 2.65. The summed E-state index contributed by atoms with van der Waals surface area (Å²) in [5.74, 6) is 0.312. The first-order valence-electron chi connectivity index (χ1n) is 7.97. The second kappa shape index (κ2) is 7.61. The minimum atomic E-state index is -0.428. The van der Waals surface area contributed by atoms with Crippen molar-refractivity contribution in [1.82, 2.24) is 4.90 Å². The van der Waals surface area contributed by atoms with Crippen LogP contribution in [0.15, 0.2) is 42.5 Å². The van der Waals surface area contributed by atoms with Gasteiger partial charge in [0, 0.05) is 37.6 Å². The highest BCUT2D eigenvalue weighted by atomic mass is 35.5. The van der Waals surface area contributed by atoms with E-state index in [9.17, 15) is 9.18 Å². The molecule has 0 unspecified atom stereocenters. The molecule has 3 rings (SSSR count). The molecule has 0 bridgehead atoms. The minimum absolute atomic E-state index is 0.108. The Morgan fingerprint density at radius 3 is 2.40 bits per heavy atom. The number of benzene rings is 2. The van der Waals surface area contributed by atoms with Crippen LogP contribution in [0.1, 0.15) is 0 Å². The van der Waals surface area contributed by atoms with Gasteiger partial charge in [0.15, 0.2) is 0 Å². The van der Waals surface area contributed by atoms with Crippen molar-refractivity contribution in [3.8, 4) is 5.75 Å². The number of halogens is 2. The van der Waals surface area contributed by atoms with Gasteiger partial charge in [-0.25, -0.2) is 9.18 Å². The third kappa shape index (κ3) is 4.14. The van der Waals surface area contributed by atoms with Gasteiger partial charge in [0.2, 0.25) is 0 Å². The van der Waals surface area contributed by atoms with E-state index < -0.39 is 5.82 Å². The molecule has 1 aliphatic rings. The molecule has 1 saturated heterocycles. The highest BCUT2D eigenvalue weighted by Gasteiger charge is 2.21. The molecule has 0 aromatic heterocycles. The van der Waals surface area contributed by atoms with Crippen LogP contribution in [-0.2, 0) is 0 Å². The summed E-state index contributed by atoms with van der Waals surface area (Å²) >= 11 is 5.84. The molecule has 1 aliphatic heterocycles. The van der Waals surface area contributed by atoms with Gasteiger partial charge in [-0.05, 0) is 42.5 Å². The zero-order valence-electron chi connectivity index (χ0n) is 13.8. The minimum Gasteiger partial charge on any atom is -0.497 e.